The molecule has 1 atom stereocenters. The Balaban J connectivity index is 3.04. The van der Waals surface area contributed by atoms with Gasteiger partial charge in [0, 0.05) is 11.6 Å². The lowest BCUT2D eigenvalue weighted by atomic mass is 10.1. The fraction of sp³-hybridized carbons (Fsp3) is 0.429. The van der Waals surface area contributed by atoms with E-state index in [2.05, 4.69) is 0 Å². The number of aliphatic carboxylic acids is 1. The van der Waals surface area contributed by atoms with Gasteiger partial charge >= 0.3 is 5.97 Å². The number of hydrogen-bond donors (Lipinski definition) is 1. The van der Waals surface area contributed by atoms with Crippen molar-refractivity contribution in [3.63, 3.8) is 0 Å². The predicted molar refractivity (Wildman–Crippen MR) is 69.6 cm³/mol. The largest absolute Gasteiger partial charge is 0.480 e. The van der Waals surface area contributed by atoms with Crippen LogP contribution in [0.15, 0.2) is 18.2 Å². The van der Waals surface area contributed by atoms with Gasteiger partial charge in [-0.2, -0.15) is 0 Å². The molecule has 1 amide bonds. The number of halogens is 1. The molecule has 1 N–H and O–H groups in total. The lowest BCUT2D eigenvalue weighted by Crippen LogP contribution is -2.41. The fourth-order valence-corrected chi connectivity index (χ4v) is 1.74. The number of rotatable bonds is 5. The van der Waals surface area contributed by atoms with Crippen molar-refractivity contribution >= 4 is 11.9 Å². The molecule has 0 fully saturated rings. The van der Waals surface area contributed by atoms with E-state index in [0.717, 1.165) is 0 Å². The minimum atomic E-state index is -1.06. The van der Waals surface area contributed by atoms with E-state index in [1.54, 1.807) is 13.8 Å². The molecule has 1 aromatic rings. The summed E-state index contributed by atoms with van der Waals surface area (Å²) in [4.78, 5) is 24.4. The highest BCUT2D eigenvalue weighted by molar-refractivity contribution is 5.96. The third-order valence-corrected chi connectivity index (χ3v) is 3.09. The van der Waals surface area contributed by atoms with Crippen LogP contribution < -0.4 is 0 Å². The minimum absolute atomic E-state index is 0.186. The molecule has 0 saturated carbocycles. The summed E-state index contributed by atoms with van der Waals surface area (Å²) in [5.41, 5.74) is 0.672. The van der Waals surface area contributed by atoms with E-state index in [1.807, 2.05) is 6.92 Å². The van der Waals surface area contributed by atoms with Gasteiger partial charge in [0.15, 0.2) is 0 Å². The molecule has 1 unspecified atom stereocenters. The van der Waals surface area contributed by atoms with E-state index in [-0.39, 0.29) is 24.3 Å². The van der Waals surface area contributed by atoms with E-state index in [1.165, 1.54) is 23.1 Å². The SMILES string of the molecule is CCC(C)N(CC(=O)O)C(=O)c1ccc(F)c(C)c1. The van der Waals surface area contributed by atoms with E-state index in [4.69, 9.17) is 5.11 Å². The topological polar surface area (TPSA) is 57.6 Å². The Hall–Kier alpha value is -1.91. The van der Waals surface area contributed by atoms with E-state index >= 15 is 0 Å². The van der Waals surface area contributed by atoms with Gasteiger partial charge in [-0.05, 0) is 44.0 Å². The maximum absolute atomic E-state index is 13.2. The molecular weight excluding hydrogens is 249 g/mol. The van der Waals surface area contributed by atoms with Crippen LogP contribution in [0.2, 0.25) is 0 Å². The number of benzene rings is 1. The van der Waals surface area contributed by atoms with E-state index in [9.17, 15) is 14.0 Å². The molecule has 0 bridgehead atoms. The molecule has 0 spiro atoms. The van der Waals surface area contributed by atoms with Crippen molar-refractivity contribution < 1.29 is 19.1 Å². The van der Waals surface area contributed by atoms with Gasteiger partial charge in [-0.15, -0.1) is 0 Å². The van der Waals surface area contributed by atoms with Gasteiger partial charge in [0.25, 0.3) is 5.91 Å². The third-order valence-electron chi connectivity index (χ3n) is 3.09. The van der Waals surface area contributed by atoms with Crippen LogP contribution in [0, 0.1) is 12.7 Å². The average Bonchev–Trinajstić information content (AvgIpc) is 2.37. The second-order valence-electron chi connectivity index (χ2n) is 4.55. The van der Waals surface area contributed by atoms with Crippen LogP contribution in [-0.4, -0.2) is 34.5 Å². The zero-order chi connectivity index (χ0) is 14.6. The number of aryl methyl sites for hydroxylation is 1. The molecule has 1 aromatic carbocycles. The number of hydrogen-bond acceptors (Lipinski definition) is 2. The quantitative estimate of drug-likeness (QED) is 0.891. The standard InChI is InChI=1S/C14H18FNO3/c1-4-10(3)16(8-13(17)18)14(19)11-5-6-12(15)9(2)7-11/h5-7,10H,4,8H2,1-3H3,(H,17,18). The predicted octanol–water partition coefficient (Wildman–Crippen LogP) is 2.46. The van der Waals surface area contributed by atoms with Crippen LogP contribution in [0.25, 0.3) is 0 Å². The van der Waals surface area contributed by atoms with Crippen molar-refractivity contribution in [3.05, 3.63) is 35.1 Å². The first-order valence-electron chi connectivity index (χ1n) is 6.15. The Kier molecular flexibility index (Phi) is 5.03. The first-order chi connectivity index (χ1) is 8.86. The third kappa shape index (κ3) is 3.77. The Morgan fingerprint density at radius 2 is 2.05 bits per heavy atom. The monoisotopic (exact) mass is 267 g/mol. The first kappa shape index (κ1) is 15.1. The summed E-state index contributed by atoms with van der Waals surface area (Å²) >= 11 is 0. The highest BCUT2D eigenvalue weighted by Gasteiger charge is 2.23. The number of carbonyl (C=O) groups excluding carboxylic acids is 1. The number of nitrogens with zero attached hydrogens (tertiary/aromatic N) is 1. The number of amides is 1. The second kappa shape index (κ2) is 6.31. The van der Waals surface area contributed by atoms with Gasteiger partial charge in [0.05, 0.1) is 0 Å². The summed E-state index contributed by atoms with van der Waals surface area (Å²) in [6.07, 6.45) is 0.652. The van der Waals surface area contributed by atoms with Gasteiger partial charge in [-0.1, -0.05) is 6.92 Å². The van der Waals surface area contributed by atoms with Crippen LogP contribution in [-0.2, 0) is 4.79 Å². The van der Waals surface area contributed by atoms with Crippen molar-refractivity contribution in [2.45, 2.75) is 33.2 Å². The van der Waals surface area contributed by atoms with Crippen molar-refractivity contribution in [2.24, 2.45) is 0 Å². The van der Waals surface area contributed by atoms with Gasteiger partial charge in [-0.3, -0.25) is 9.59 Å². The van der Waals surface area contributed by atoms with Crippen molar-refractivity contribution in [3.8, 4) is 0 Å². The Morgan fingerprint density at radius 1 is 1.42 bits per heavy atom. The molecule has 5 heteroatoms. The van der Waals surface area contributed by atoms with Gasteiger partial charge in [-0.25, -0.2) is 4.39 Å². The van der Waals surface area contributed by atoms with Gasteiger partial charge in [0.1, 0.15) is 12.4 Å². The Bertz CT molecular complexity index is 488. The van der Waals surface area contributed by atoms with Crippen molar-refractivity contribution in [1.82, 2.24) is 4.90 Å². The number of carboxylic acid groups (broad SMARTS) is 1. The number of carbonyl (C=O) groups is 2. The van der Waals surface area contributed by atoms with Crippen LogP contribution >= 0.6 is 0 Å². The highest BCUT2D eigenvalue weighted by Crippen LogP contribution is 2.14. The molecule has 0 aliphatic heterocycles. The minimum Gasteiger partial charge on any atom is -0.480 e. The van der Waals surface area contributed by atoms with Crippen molar-refractivity contribution in [2.75, 3.05) is 6.54 Å². The lowest BCUT2D eigenvalue weighted by Gasteiger charge is -2.27. The van der Waals surface area contributed by atoms with Crippen LogP contribution in [0.1, 0.15) is 36.2 Å². The Morgan fingerprint density at radius 3 is 2.53 bits per heavy atom. The molecule has 4 nitrogen and oxygen atoms in total. The zero-order valence-corrected chi connectivity index (χ0v) is 11.3. The van der Waals surface area contributed by atoms with Crippen LogP contribution in [0.4, 0.5) is 4.39 Å². The lowest BCUT2D eigenvalue weighted by molar-refractivity contribution is -0.138. The molecule has 0 aliphatic carbocycles. The van der Waals surface area contributed by atoms with E-state index < -0.39 is 5.97 Å². The Labute approximate surface area is 111 Å². The first-order valence-corrected chi connectivity index (χ1v) is 6.15. The maximum Gasteiger partial charge on any atom is 0.323 e. The zero-order valence-electron chi connectivity index (χ0n) is 11.3. The molecule has 0 aromatic heterocycles. The average molecular weight is 267 g/mol. The molecular formula is C14H18FNO3. The fourth-order valence-electron chi connectivity index (χ4n) is 1.74. The van der Waals surface area contributed by atoms with Gasteiger partial charge < -0.3 is 10.0 Å². The molecule has 0 radical (unpaired) electrons. The summed E-state index contributed by atoms with van der Waals surface area (Å²) in [6, 6.07) is 3.85. The molecule has 1 rings (SSSR count). The normalized spacial score (nSPS) is 12.0. The number of carboxylic acids is 1. The molecule has 0 saturated heterocycles. The molecule has 19 heavy (non-hydrogen) atoms. The summed E-state index contributed by atoms with van der Waals surface area (Å²) in [5, 5.41) is 8.87. The van der Waals surface area contributed by atoms with Crippen molar-refractivity contribution in [1.29, 1.82) is 0 Å². The summed E-state index contributed by atoms with van der Waals surface area (Å²) in [6.45, 7) is 4.88. The van der Waals surface area contributed by atoms with Crippen LogP contribution in [0.5, 0.6) is 0 Å². The maximum atomic E-state index is 13.2. The smallest absolute Gasteiger partial charge is 0.323 e. The summed E-state index contributed by atoms with van der Waals surface area (Å²) < 4.78 is 13.2. The molecule has 0 aliphatic rings. The van der Waals surface area contributed by atoms with E-state index in [0.29, 0.717) is 17.5 Å². The highest BCUT2D eigenvalue weighted by atomic mass is 19.1. The summed E-state index contributed by atoms with van der Waals surface area (Å²) in [7, 11) is 0. The van der Waals surface area contributed by atoms with Gasteiger partial charge in [0.2, 0.25) is 0 Å². The second-order valence-corrected chi connectivity index (χ2v) is 4.55. The molecule has 0 heterocycles. The van der Waals surface area contributed by atoms with Crippen LogP contribution in [0.3, 0.4) is 0 Å². The molecule has 104 valence electrons. The summed E-state index contributed by atoms with van der Waals surface area (Å²) in [5.74, 6) is -1.84.